The molecule has 124 valence electrons. The Morgan fingerprint density at radius 3 is 2.79 bits per heavy atom. The van der Waals surface area contributed by atoms with E-state index in [0.717, 1.165) is 20.7 Å². The fourth-order valence-electron chi connectivity index (χ4n) is 2.14. The maximum atomic E-state index is 13.0. The predicted octanol–water partition coefficient (Wildman–Crippen LogP) is 4.73. The number of carbonyl (C=O) groups excluding carboxylic acids is 1. The molecule has 0 fully saturated rings. The number of carbonyl (C=O) groups is 1. The van der Waals surface area contributed by atoms with E-state index in [1.54, 1.807) is 11.3 Å². The summed E-state index contributed by atoms with van der Waals surface area (Å²) in [5, 5.41) is 14.9. The molecule has 7 heteroatoms. The van der Waals surface area contributed by atoms with Crippen LogP contribution in [-0.4, -0.2) is 17.6 Å². The Hall–Kier alpha value is -1.73. The molecule has 3 aromatic rings. The Morgan fingerprint density at radius 2 is 2.08 bits per heavy atom. The van der Waals surface area contributed by atoms with Crippen molar-refractivity contribution in [3.8, 4) is 9.75 Å². The van der Waals surface area contributed by atoms with Crippen molar-refractivity contribution in [2.75, 3.05) is 6.54 Å². The van der Waals surface area contributed by atoms with Crippen LogP contribution in [0.2, 0.25) is 5.02 Å². The fourth-order valence-corrected chi connectivity index (χ4v) is 4.22. The highest BCUT2D eigenvalue weighted by Gasteiger charge is 2.15. The third kappa shape index (κ3) is 3.84. The van der Waals surface area contributed by atoms with Crippen molar-refractivity contribution in [2.24, 2.45) is 0 Å². The molecular weight excluding hydrogens is 369 g/mol. The summed E-state index contributed by atoms with van der Waals surface area (Å²) in [5.74, 6) is -0.953. The molecule has 3 nitrogen and oxygen atoms in total. The number of halogens is 2. The van der Waals surface area contributed by atoms with Crippen LogP contribution >= 0.6 is 34.3 Å². The minimum atomic E-state index is -0.813. The summed E-state index contributed by atoms with van der Waals surface area (Å²) in [4.78, 5) is 15.1. The van der Waals surface area contributed by atoms with Gasteiger partial charge in [-0.2, -0.15) is 0 Å². The summed E-state index contributed by atoms with van der Waals surface area (Å²) < 4.78 is 13.0. The topological polar surface area (TPSA) is 49.3 Å². The molecule has 2 aromatic heterocycles. The number of hydrogen-bond donors (Lipinski definition) is 2. The van der Waals surface area contributed by atoms with Crippen molar-refractivity contribution in [3.63, 3.8) is 0 Å². The molecule has 3 rings (SSSR count). The molecule has 0 aliphatic heterocycles. The summed E-state index contributed by atoms with van der Waals surface area (Å²) in [6, 6.07) is 11.4. The van der Waals surface area contributed by atoms with E-state index in [2.05, 4.69) is 5.32 Å². The van der Waals surface area contributed by atoms with Crippen LogP contribution in [-0.2, 0) is 0 Å². The first-order valence-corrected chi connectivity index (χ1v) is 9.17. The number of benzene rings is 1. The van der Waals surface area contributed by atoms with Crippen molar-refractivity contribution < 1.29 is 14.3 Å². The third-order valence-corrected chi connectivity index (χ3v) is 5.92. The molecule has 2 heterocycles. The van der Waals surface area contributed by atoms with Crippen LogP contribution in [0.15, 0.2) is 47.8 Å². The Balaban J connectivity index is 1.63. The highest BCUT2D eigenvalue weighted by molar-refractivity contribution is 7.21. The zero-order valence-electron chi connectivity index (χ0n) is 12.3. The Kier molecular flexibility index (Phi) is 5.30. The Bertz CT molecular complexity index is 848. The normalized spacial score (nSPS) is 12.1. The van der Waals surface area contributed by atoms with Gasteiger partial charge in [-0.15, -0.1) is 22.7 Å². The standard InChI is InChI=1S/C17H13ClFNO2S2/c18-12-8-10(19)3-4-11(12)17(22)20-9-13(21)14-5-6-16(24-14)15-2-1-7-23-15/h1-8,13,21H,9H2,(H,20,22)/t13-/m0/s1. The summed E-state index contributed by atoms with van der Waals surface area (Å²) in [6.07, 6.45) is -0.813. The second kappa shape index (κ2) is 7.44. The van der Waals surface area contributed by atoms with Gasteiger partial charge in [0.1, 0.15) is 11.9 Å². The summed E-state index contributed by atoms with van der Waals surface area (Å²) in [6.45, 7) is 0.0525. The lowest BCUT2D eigenvalue weighted by Gasteiger charge is -2.11. The predicted molar refractivity (Wildman–Crippen MR) is 96.3 cm³/mol. The first-order chi connectivity index (χ1) is 11.5. The van der Waals surface area contributed by atoms with E-state index in [0.29, 0.717) is 0 Å². The first kappa shape index (κ1) is 17.1. The number of hydrogen-bond acceptors (Lipinski definition) is 4. The molecule has 0 saturated carbocycles. The van der Waals surface area contributed by atoms with Gasteiger partial charge in [0, 0.05) is 21.2 Å². The molecular formula is C17H13ClFNO2S2. The van der Waals surface area contributed by atoms with Crippen molar-refractivity contribution >= 4 is 40.2 Å². The van der Waals surface area contributed by atoms with E-state index >= 15 is 0 Å². The van der Waals surface area contributed by atoms with Crippen LogP contribution in [0.3, 0.4) is 0 Å². The van der Waals surface area contributed by atoms with Gasteiger partial charge in [-0.25, -0.2) is 4.39 Å². The first-order valence-electron chi connectivity index (χ1n) is 7.09. The maximum absolute atomic E-state index is 13.0. The van der Waals surface area contributed by atoms with Gasteiger partial charge in [-0.05, 0) is 41.8 Å². The Morgan fingerprint density at radius 1 is 1.25 bits per heavy atom. The smallest absolute Gasteiger partial charge is 0.252 e. The number of amides is 1. The molecule has 0 aliphatic carbocycles. The van der Waals surface area contributed by atoms with Crippen molar-refractivity contribution in [2.45, 2.75) is 6.10 Å². The number of aliphatic hydroxyl groups is 1. The van der Waals surface area contributed by atoms with Gasteiger partial charge < -0.3 is 10.4 Å². The molecule has 0 spiro atoms. The maximum Gasteiger partial charge on any atom is 0.252 e. The quantitative estimate of drug-likeness (QED) is 0.671. The largest absolute Gasteiger partial charge is 0.386 e. The molecule has 24 heavy (non-hydrogen) atoms. The van der Waals surface area contributed by atoms with Crippen LogP contribution in [0, 0.1) is 5.82 Å². The van der Waals surface area contributed by atoms with E-state index in [1.165, 1.54) is 23.5 Å². The molecule has 0 saturated heterocycles. The lowest BCUT2D eigenvalue weighted by Crippen LogP contribution is -2.28. The molecule has 2 N–H and O–H groups in total. The van der Waals surface area contributed by atoms with E-state index in [9.17, 15) is 14.3 Å². The number of thiophene rings is 2. The van der Waals surface area contributed by atoms with Crippen LogP contribution < -0.4 is 5.32 Å². The fraction of sp³-hybridized carbons (Fsp3) is 0.118. The highest BCUT2D eigenvalue weighted by atomic mass is 35.5. The Labute approximate surface area is 151 Å². The lowest BCUT2D eigenvalue weighted by molar-refractivity contribution is 0.0918. The van der Waals surface area contributed by atoms with Crippen LogP contribution in [0.25, 0.3) is 9.75 Å². The second-order valence-corrected chi connectivity index (χ2v) is 7.50. The van der Waals surface area contributed by atoms with Gasteiger partial charge in [0.25, 0.3) is 5.91 Å². The SMILES string of the molecule is O=C(NC[C@H](O)c1ccc(-c2cccs2)s1)c1ccc(F)cc1Cl. The number of aliphatic hydroxyl groups excluding tert-OH is 1. The molecule has 0 radical (unpaired) electrons. The lowest BCUT2D eigenvalue weighted by atomic mass is 10.2. The van der Waals surface area contributed by atoms with E-state index in [-0.39, 0.29) is 17.1 Å². The van der Waals surface area contributed by atoms with Crippen LogP contribution in [0.1, 0.15) is 21.3 Å². The molecule has 1 atom stereocenters. The second-order valence-electron chi connectivity index (χ2n) is 5.03. The number of nitrogens with one attached hydrogen (secondary N) is 1. The van der Waals surface area contributed by atoms with Gasteiger partial charge in [0.15, 0.2) is 0 Å². The van der Waals surface area contributed by atoms with Gasteiger partial charge >= 0.3 is 0 Å². The third-order valence-electron chi connectivity index (χ3n) is 3.35. The number of rotatable bonds is 5. The average molecular weight is 382 g/mol. The van der Waals surface area contributed by atoms with Crippen molar-refractivity contribution in [3.05, 3.63) is 69.1 Å². The molecule has 0 aliphatic rings. The molecule has 1 amide bonds. The zero-order chi connectivity index (χ0) is 17.1. The van der Waals surface area contributed by atoms with Gasteiger partial charge in [-0.1, -0.05) is 17.7 Å². The zero-order valence-corrected chi connectivity index (χ0v) is 14.7. The monoisotopic (exact) mass is 381 g/mol. The van der Waals surface area contributed by atoms with Crippen LogP contribution in [0.4, 0.5) is 4.39 Å². The van der Waals surface area contributed by atoms with Crippen molar-refractivity contribution in [1.82, 2.24) is 5.32 Å². The van der Waals surface area contributed by atoms with Crippen LogP contribution in [0.5, 0.6) is 0 Å². The summed E-state index contributed by atoms with van der Waals surface area (Å²) >= 11 is 8.97. The van der Waals surface area contributed by atoms with Crippen molar-refractivity contribution in [1.29, 1.82) is 0 Å². The minimum absolute atomic E-state index is 0.0399. The van der Waals surface area contributed by atoms with Gasteiger partial charge in [0.05, 0.1) is 10.6 Å². The van der Waals surface area contributed by atoms with E-state index in [4.69, 9.17) is 11.6 Å². The van der Waals surface area contributed by atoms with Gasteiger partial charge in [0.2, 0.25) is 0 Å². The average Bonchev–Trinajstić information content (AvgIpc) is 3.23. The molecule has 0 unspecified atom stereocenters. The minimum Gasteiger partial charge on any atom is -0.386 e. The molecule has 0 bridgehead atoms. The summed E-state index contributed by atoms with van der Waals surface area (Å²) in [5.41, 5.74) is 0.177. The van der Waals surface area contributed by atoms with E-state index < -0.39 is 17.8 Å². The summed E-state index contributed by atoms with van der Waals surface area (Å²) in [7, 11) is 0. The highest BCUT2D eigenvalue weighted by Crippen LogP contribution is 2.33. The van der Waals surface area contributed by atoms with E-state index in [1.807, 2.05) is 29.6 Å². The van der Waals surface area contributed by atoms with Gasteiger partial charge in [-0.3, -0.25) is 4.79 Å². The molecule has 1 aromatic carbocycles.